The van der Waals surface area contributed by atoms with Crippen molar-refractivity contribution < 1.29 is 9.59 Å². The van der Waals surface area contributed by atoms with E-state index in [9.17, 15) is 9.59 Å². The second-order valence-electron chi connectivity index (χ2n) is 6.73. The molecule has 3 heterocycles. The molecular formula is C16H25N5O2S. The molecule has 1 N–H and O–H groups in total. The van der Waals surface area contributed by atoms with Gasteiger partial charge in [0.05, 0.1) is 11.2 Å². The van der Waals surface area contributed by atoms with Crippen molar-refractivity contribution in [1.82, 2.24) is 25.0 Å². The fraction of sp³-hybridized carbons (Fsp3) is 0.750. The van der Waals surface area contributed by atoms with Crippen molar-refractivity contribution in [3.05, 3.63) is 5.82 Å². The van der Waals surface area contributed by atoms with Gasteiger partial charge in [-0.3, -0.25) is 14.7 Å². The SMILES string of the molecule is CCCN1CCC[C@@]2(CCN(C(=O)CSc3n[nH]c(C)n3)C2)C1=O. The second kappa shape index (κ2) is 7.13. The minimum Gasteiger partial charge on any atom is -0.342 e. The Balaban J connectivity index is 1.57. The molecule has 8 heteroatoms. The van der Waals surface area contributed by atoms with Gasteiger partial charge >= 0.3 is 0 Å². The van der Waals surface area contributed by atoms with Crippen LogP contribution >= 0.6 is 11.8 Å². The monoisotopic (exact) mass is 351 g/mol. The summed E-state index contributed by atoms with van der Waals surface area (Å²) in [6, 6.07) is 0. The number of aromatic nitrogens is 3. The number of aryl methyl sites for hydroxylation is 1. The lowest BCUT2D eigenvalue weighted by Gasteiger charge is -2.39. The second-order valence-corrected chi connectivity index (χ2v) is 7.68. The number of rotatable bonds is 5. The summed E-state index contributed by atoms with van der Waals surface area (Å²) < 4.78 is 0. The maximum absolute atomic E-state index is 12.8. The highest BCUT2D eigenvalue weighted by Crippen LogP contribution is 2.40. The highest BCUT2D eigenvalue weighted by atomic mass is 32.2. The van der Waals surface area contributed by atoms with Gasteiger partial charge in [-0.15, -0.1) is 5.10 Å². The van der Waals surface area contributed by atoms with Crippen LogP contribution in [0.2, 0.25) is 0 Å². The highest BCUT2D eigenvalue weighted by Gasteiger charge is 2.49. The molecule has 1 atom stereocenters. The van der Waals surface area contributed by atoms with Crippen molar-refractivity contribution in [2.24, 2.45) is 5.41 Å². The summed E-state index contributed by atoms with van der Waals surface area (Å²) in [5.41, 5.74) is -0.338. The molecule has 132 valence electrons. The van der Waals surface area contributed by atoms with E-state index in [2.05, 4.69) is 22.1 Å². The zero-order valence-electron chi connectivity index (χ0n) is 14.4. The lowest BCUT2D eigenvalue weighted by molar-refractivity contribution is -0.146. The van der Waals surface area contributed by atoms with Crippen molar-refractivity contribution >= 4 is 23.6 Å². The summed E-state index contributed by atoms with van der Waals surface area (Å²) >= 11 is 1.34. The molecule has 0 bridgehead atoms. The normalized spacial score (nSPS) is 24.2. The molecule has 0 aromatic carbocycles. The molecule has 0 aliphatic carbocycles. The summed E-state index contributed by atoms with van der Waals surface area (Å²) in [7, 11) is 0. The maximum Gasteiger partial charge on any atom is 0.233 e. The van der Waals surface area contributed by atoms with Crippen LogP contribution in [0.1, 0.15) is 38.4 Å². The third kappa shape index (κ3) is 3.43. The molecule has 24 heavy (non-hydrogen) atoms. The van der Waals surface area contributed by atoms with E-state index in [1.807, 2.05) is 16.7 Å². The van der Waals surface area contributed by atoms with Gasteiger partial charge in [-0.2, -0.15) is 0 Å². The zero-order valence-corrected chi connectivity index (χ0v) is 15.2. The van der Waals surface area contributed by atoms with Crippen molar-refractivity contribution in [3.8, 4) is 0 Å². The first kappa shape index (κ1) is 17.3. The van der Waals surface area contributed by atoms with Crippen LogP contribution in [0.5, 0.6) is 0 Å². The summed E-state index contributed by atoms with van der Waals surface area (Å²) in [5.74, 6) is 1.39. The van der Waals surface area contributed by atoms with Crippen molar-refractivity contribution in [2.75, 3.05) is 31.9 Å². The Labute approximate surface area is 146 Å². The quantitative estimate of drug-likeness (QED) is 0.812. The standard InChI is InChI=1S/C16H25N5O2S/c1-3-7-20-8-4-5-16(14(20)23)6-9-21(11-16)13(22)10-24-15-17-12(2)18-19-15/h3-11H2,1-2H3,(H,17,18,19)/t16-/m0/s1. The number of nitrogens with one attached hydrogen (secondary N) is 1. The van der Waals surface area contributed by atoms with Crippen molar-refractivity contribution in [3.63, 3.8) is 0 Å². The molecule has 2 saturated heterocycles. The Morgan fingerprint density at radius 1 is 1.38 bits per heavy atom. The van der Waals surface area contributed by atoms with E-state index < -0.39 is 0 Å². The topological polar surface area (TPSA) is 82.2 Å². The first-order chi connectivity index (χ1) is 11.5. The number of aromatic amines is 1. The van der Waals surface area contributed by atoms with Crippen LogP contribution in [0.25, 0.3) is 0 Å². The minimum atomic E-state index is -0.338. The number of likely N-dealkylation sites (tertiary alicyclic amines) is 2. The van der Waals surface area contributed by atoms with Crippen LogP contribution in [0.15, 0.2) is 5.16 Å². The minimum absolute atomic E-state index is 0.0692. The first-order valence-corrected chi connectivity index (χ1v) is 9.61. The number of thioether (sulfide) groups is 1. The van der Waals surface area contributed by atoms with Gasteiger partial charge in [0.25, 0.3) is 0 Å². The Morgan fingerprint density at radius 3 is 2.92 bits per heavy atom. The number of hydrogen-bond acceptors (Lipinski definition) is 5. The van der Waals surface area contributed by atoms with E-state index in [4.69, 9.17) is 0 Å². The van der Waals surface area contributed by atoms with E-state index in [1.165, 1.54) is 11.8 Å². The first-order valence-electron chi connectivity index (χ1n) is 8.63. The van der Waals surface area contributed by atoms with Crippen molar-refractivity contribution in [2.45, 2.75) is 44.7 Å². The molecule has 3 rings (SSSR count). The molecule has 7 nitrogen and oxygen atoms in total. The Bertz CT molecular complexity index is 617. The number of carbonyl (C=O) groups excluding carboxylic acids is 2. The molecule has 1 spiro atoms. The van der Waals surface area contributed by atoms with Gasteiger partial charge in [0.1, 0.15) is 5.82 Å². The fourth-order valence-corrected chi connectivity index (χ4v) is 4.45. The lowest BCUT2D eigenvalue weighted by Crippen LogP contribution is -2.50. The number of hydrogen-bond donors (Lipinski definition) is 1. The zero-order chi connectivity index (χ0) is 17.2. The number of amides is 2. The molecule has 2 aliphatic heterocycles. The number of nitrogens with zero attached hydrogens (tertiary/aromatic N) is 4. The lowest BCUT2D eigenvalue weighted by atomic mass is 9.78. The number of carbonyl (C=O) groups is 2. The molecule has 2 fully saturated rings. The third-order valence-electron chi connectivity index (χ3n) is 4.93. The molecule has 2 amide bonds. The van der Waals surface area contributed by atoms with E-state index >= 15 is 0 Å². The van der Waals surface area contributed by atoms with Gasteiger partial charge < -0.3 is 9.80 Å². The van der Waals surface area contributed by atoms with Crippen LogP contribution in [-0.2, 0) is 9.59 Å². The molecule has 1 aromatic heterocycles. The smallest absolute Gasteiger partial charge is 0.233 e. The van der Waals surface area contributed by atoms with Crippen LogP contribution in [0.3, 0.4) is 0 Å². The largest absolute Gasteiger partial charge is 0.342 e. The van der Waals surface area contributed by atoms with Gasteiger partial charge in [-0.05, 0) is 32.6 Å². The molecule has 2 aliphatic rings. The number of H-pyrrole nitrogens is 1. The van der Waals surface area contributed by atoms with Crippen LogP contribution in [-0.4, -0.2) is 68.7 Å². The van der Waals surface area contributed by atoms with Crippen LogP contribution < -0.4 is 0 Å². The summed E-state index contributed by atoms with van der Waals surface area (Å²) in [6.45, 7) is 6.87. The van der Waals surface area contributed by atoms with Gasteiger partial charge in [-0.1, -0.05) is 18.7 Å². The predicted molar refractivity (Wildman–Crippen MR) is 91.6 cm³/mol. The predicted octanol–water partition coefficient (Wildman–Crippen LogP) is 1.46. The maximum atomic E-state index is 12.8. The molecule has 0 unspecified atom stereocenters. The Morgan fingerprint density at radius 2 is 2.21 bits per heavy atom. The number of piperidine rings is 1. The summed E-state index contributed by atoms with van der Waals surface area (Å²) in [5, 5.41) is 7.40. The molecule has 0 saturated carbocycles. The van der Waals surface area contributed by atoms with E-state index in [0.29, 0.717) is 24.0 Å². The molecular weight excluding hydrogens is 326 g/mol. The van der Waals surface area contributed by atoms with Gasteiger partial charge in [0.15, 0.2) is 0 Å². The van der Waals surface area contributed by atoms with Crippen LogP contribution in [0.4, 0.5) is 0 Å². The van der Waals surface area contributed by atoms with Gasteiger partial charge in [-0.25, -0.2) is 4.98 Å². The van der Waals surface area contributed by atoms with Gasteiger partial charge in [0.2, 0.25) is 17.0 Å². The molecule has 0 radical (unpaired) electrons. The van der Waals surface area contributed by atoms with E-state index in [1.54, 1.807) is 0 Å². The van der Waals surface area contributed by atoms with E-state index in [-0.39, 0.29) is 17.2 Å². The van der Waals surface area contributed by atoms with Crippen molar-refractivity contribution in [1.29, 1.82) is 0 Å². The Hall–Kier alpha value is -1.57. The summed E-state index contributed by atoms with van der Waals surface area (Å²) in [4.78, 5) is 33.4. The molecule has 1 aromatic rings. The van der Waals surface area contributed by atoms with Crippen LogP contribution in [0, 0.1) is 12.3 Å². The van der Waals surface area contributed by atoms with E-state index in [0.717, 1.165) is 44.6 Å². The fourth-order valence-electron chi connectivity index (χ4n) is 3.70. The average Bonchev–Trinajstić information content (AvgIpc) is 3.17. The summed E-state index contributed by atoms with van der Waals surface area (Å²) in [6.07, 6.45) is 3.72. The third-order valence-corrected chi connectivity index (χ3v) is 5.76. The Kier molecular flexibility index (Phi) is 5.12. The van der Waals surface area contributed by atoms with Gasteiger partial charge in [0, 0.05) is 26.2 Å². The average molecular weight is 351 g/mol. The highest BCUT2D eigenvalue weighted by molar-refractivity contribution is 7.99.